The van der Waals surface area contributed by atoms with Gasteiger partial charge in [-0.3, -0.25) is 14.5 Å². The average Bonchev–Trinajstić information content (AvgIpc) is 2.86. The molecule has 27 heavy (non-hydrogen) atoms. The molecule has 0 bridgehead atoms. The molecule has 1 saturated heterocycles. The Morgan fingerprint density at radius 3 is 2.63 bits per heavy atom. The van der Waals surface area contributed by atoms with Crippen molar-refractivity contribution in [3.05, 3.63) is 32.1 Å². The number of methoxy groups -OCH3 is 1. The van der Waals surface area contributed by atoms with E-state index in [1.807, 2.05) is 0 Å². The first kappa shape index (κ1) is 21.3. The standard InChI is InChI=1S/C16H13BrClNO7S/c1-7(15(23)25-2)19-14(22)11(27-16(19)24)5-8-3-9(17)13(10(18)4-8)26-6-12(20)21/h3-5,7H,6H2,1-2H3,(H,20,21)/b11-5+/t7-/m0/s1. The van der Waals surface area contributed by atoms with E-state index in [1.54, 1.807) is 6.07 Å². The highest BCUT2D eigenvalue weighted by molar-refractivity contribution is 9.10. The van der Waals surface area contributed by atoms with Crippen LogP contribution in [-0.2, 0) is 19.1 Å². The smallest absolute Gasteiger partial charge is 0.341 e. The lowest BCUT2D eigenvalue weighted by Crippen LogP contribution is -2.42. The molecule has 1 atom stereocenters. The molecule has 0 aliphatic carbocycles. The number of aliphatic carboxylic acids is 1. The lowest BCUT2D eigenvalue weighted by molar-refractivity contribution is -0.148. The number of esters is 1. The number of carboxylic acids is 1. The third-order valence-corrected chi connectivity index (χ3v) is 5.16. The molecule has 1 aromatic carbocycles. The van der Waals surface area contributed by atoms with Crippen LogP contribution in [0.4, 0.5) is 4.79 Å². The largest absolute Gasteiger partial charge is 0.479 e. The Balaban J connectivity index is 2.29. The summed E-state index contributed by atoms with van der Waals surface area (Å²) in [6.07, 6.45) is 1.44. The van der Waals surface area contributed by atoms with Crippen molar-refractivity contribution in [1.82, 2.24) is 4.90 Å². The Labute approximate surface area is 171 Å². The SMILES string of the molecule is COC(=O)[C@H](C)N1C(=O)S/C(=C/c2cc(Cl)c(OCC(=O)O)c(Br)c2)C1=O. The summed E-state index contributed by atoms with van der Waals surface area (Å²) >= 11 is 10.0. The fraction of sp³-hybridized carbons (Fsp3) is 0.250. The molecule has 0 unspecified atom stereocenters. The Morgan fingerprint density at radius 2 is 2.07 bits per heavy atom. The average molecular weight is 479 g/mol. The number of carboxylic acid groups (broad SMARTS) is 1. The van der Waals surface area contributed by atoms with E-state index in [0.717, 1.165) is 4.90 Å². The summed E-state index contributed by atoms with van der Waals surface area (Å²) in [7, 11) is 1.17. The summed E-state index contributed by atoms with van der Waals surface area (Å²) in [5.41, 5.74) is 0.478. The zero-order valence-electron chi connectivity index (χ0n) is 14.0. The number of ether oxygens (including phenoxy) is 2. The normalized spacial score (nSPS) is 16.6. The van der Waals surface area contributed by atoms with Gasteiger partial charge in [0.1, 0.15) is 6.04 Å². The molecule has 1 N–H and O–H groups in total. The molecule has 1 aliphatic heterocycles. The number of thioether (sulfide) groups is 1. The molecule has 1 heterocycles. The first-order valence-electron chi connectivity index (χ1n) is 7.34. The highest BCUT2D eigenvalue weighted by atomic mass is 79.9. The highest BCUT2D eigenvalue weighted by Gasteiger charge is 2.41. The Kier molecular flexibility index (Phi) is 6.90. The minimum absolute atomic E-state index is 0.109. The summed E-state index contributed by atoms with van der Waals surface area (Å²) < 4.78 is 10.0. The van der Waals surface area contributed by atoms with Crippen molar-refractivity contribution in [3.8, 4) is 5.75 Å². The van der Waals surface area contributed by atoms with Gasteiger partial charge in [0.15, 0.2) is 12.4 Å². The van der Waals surface area contributed by atoms with Crippen molar-refractivity contribution >= 4 is 68.5 Å². The summed E-state index contributed by atoms with van der Waals surface area (Å²) in [5, 5.41) is 8.22. The second-order valence-corrected chi connectivity index (χ2v) is 7.50. The quantitative estimate of drug-likeness (QED) is 0.490. The van der Waals surface area contributed by atoms with Gasteiger partial charge in [-0.15, -0.1) is 0 Å². The number of amides is 2. The van der Waals surface area contributed by atoms with Crippen LogP contribution in [0.2, 0.25) is 5.02 Å². The second kappa shape index (κ2) is 8.77. The molecule has 0 spiro atoms. The molecule has 0 saturated carbocycles. The number of carbonyl (C=O) groups excluding carboxylic acids is 3. The molecular formula is C16H13BrClNO7S. The van der Waals surface area contributed by atoms with Crippen molar-refractivity contribution < 1.29 is 33.8 Å². The summed E-state index contributed by atoms with van der Waals surface area (Å²) in [6.45, 7) is 0.829. The van der Waals surface area contributed by atoms with E-state index in [0.29, 0.717) is 21.8 Å². The van der Waals surface area contributed by atoms with Gasteiger partial charge in [0.2, 0.25) is 0 Å². The molecule has 1 aliphatic rings. The summed E-state index contributed by atoms with van der Waals surface area (Å²) in [4.78, 5) is 47.7. The zero-order valence-corrected chi connectivity index (χ0v) is 17.2. The molecule has 2 amide bonds. The van der Waals surface area contributed by atoms with Crippen LogP contribution in [-0.4, -0.2) is 52.8 Å². The monoisotopic (exact) mass is 477 g/mol. The third kappa shape index (κ3) is 4.82. The van der Waals surface area contributed by atoms with E-state index in [2.05, 4.69) is 20.7 Å². The van der Waals surface area contributed by atoms with Crippen LogP contribution < -0.4 is 4.74 Å². The molecule has 0 aromatic heterocycles. The van der Waals surface area contributed by atoms with Crippen molar-refractivity contribution in [2.45, 2.75) is 13.0 Å². The maximum Gasteiger partial charge on any atom is 0.341 e. The maximum atomic E-state index is 12.5. The van der Waals surface area contributed by atoms with Crippen LogP contribution in [0.25, 0.3) is 6.08 Å². The van der Waals surface area contributed by atoms with Crippen molar-refractivity contribution in [2.24, 2.45) is 0 Å². The van der Waals surface area contributed by atoms with E-state index in [4.69, 9.17) is 21.4 Å². The van der Waals surface area contributed by atoms with E-state index in [-0.39, 0.29) is 15.7 Å². The first-order chi connectivity index (χ1) is 12.6. The number of hydrogen-bond donors (Lipinski definition) is 1. The van der Waals surface area contributed by atoms with Crippen LogP contribution in [0.5, 0.6) is 5.75 Å². The van der Waals surface area contributed by atoms with Crippen molar-refractivity contribution in [2.75, 3.05) is 13.7 Å². The van der Waals surface area contributed by atoms with Crippen LogP contribution in [0.1, 0.15) is 12.5 Å². The van der Waals surface area contributed by atoms with Gasteiger partial charge in [-0.05, 0) is 58.4 Å². The molecular weight excluding hydrogens is 466 g/mol. The highest BCUT2D eigenvalue weighted by Crippen LogP contribution is 2.38. The van der Waals surface area contributed by atoms with Gasteiger partial charge in [-0.1, -0.05) is 11.6 Å². The minimum atomic E-state index is -1.16. The number of carbonyl (C=O) groups is 4. The maximum absolute atomic E-state index is 12.5. The number of imide groups is 1. The number of halogens is 2. The second-order valence-electron chi connectivity index (χ2n) is 5.25. The van der Waals surface area contributed by atoms with E-state index >= 15 is 0 Å². The lowest BCUT2D eigenvalue weighted by atomic mass is 10.2. The lowest BCUT2D eigenvalue weighted by Gasteiger charge is -2.18. The fourth-order valence-electron chi connectivity index (χ4n) is 2.18. The summed E-state index contributed by atoms with van der Waals surface area (Å²) in [5.74, 6) is -2.34. The predicted octanol–water partition coefficient (Wildman–Crippen LogP) is 3.16. The molecule has 2 rings (SSSR count). The Morgan fingerprint density at radius 1 is 1.41 bits per heavy atom. The molecule has 1 fully saturated rings. The molecule has 144 valence electrons. The molecule has 1 aromatic rings. The van der Waals surface area contributed by atoms with Crippen LogP contribution in [0.15, 0.2) is 21.5 Å². The van der Waals surface area contributed by atoms with Gasteiger partial charge < -0.3 is 14.6 Å². The van der Waals surface area contributed by atoms with Gasteiger partial charge in [0, 0.05) is 0 Å². The van der Waals surface area contributed by atoms with E-state index in [9.17, 15) is 19.2 Å². The van der Waals surface area contributed by atoms with Gasteiger partial charge in [-0.2, -0.15) is 0 Å². The Hall–Kier alpha value is -2.04. The van der Waals surface area contributed by atoms with Crippen LogP contribution in [0.3, 0.4) is 0 Å². The van der Waals surface area contributed by atoms with Crippen LogP contribution >= 0.6 is 39.3 Å². The van der Waals surface area contributed by atoms with E-state index in [1.165, 1.54) is 26.2 Å². The molecule has 0 radical (unpaired) electrons. The van der Waals surface area contributed by atoms with Crippen molar-refractivity contribution in [3.63, 3.8) is 0 Å². The number of hydrogen-bond acceptors (Lipinski definition) is 7. The molecule has 8 nitrogen and oxygen atoms in total. The van der Waals surface area contributed by atoms with Gasteiger partial charge in [-0.25, -0.2) is 9.59 Å². The topological polar surface area (TPSA) is 110 Å². The van der Waals surface area contributed by atoms with Crippen LogP contribution in [0, 0.1) is 0 Å². The van der Waals surface area contributed by atoms with Gasteiger partial charge >= 0.3 is 11.9 Å². The summed E-state index contributed by atoms with van der Waals surface area (Å²) in [6, 6.07) is 1.97. The van der Waals surface area contributed by atoms with E-state index < -0.39 is 35.7 Å². The zero-order chi connectivity index (χ0) is 20.3. The van der Waals surface area contributed by atoms with Crippen molar-refractivity contribution in [1.29, 1.82) is 0 Å². The third-order valence-electron chi connectivity index (χ3n) is 3.41. The Bertz CT molecular complexity index is 834. The fourth-order valence-corrected chi connectivity index (χ4v) is 4.07. The van der Waals surface area contributed by atoms with Gasteiger partial charge in [0.25, 0.3) is 11.1 Å². The first-order valence-corrected chi connectivity index (χ1v) is 9.33. The predicted molar refractivity (Wildman–Crippen MR) is 102 cm³/mol. The van der Waals surface area contributed by atoms with Gasteiger partial charge in [0.05, 0.1) is 21.5 Å². The number of benzene rings is 1. The number of rotatable bonds is 6. The number of nitrogens with zero attached hydrogens (tertiary/aromatic N) is 1. The molecule has 11 heteroatoms. The minimum Gasteiger partial charge on any atom is -0.479 e.